The third-order valence-corrected chi connectivity index (χ3v) is 5.89. The number of halogens is 2. The summed E-state index contributed by atoms with van der Waals surface area (Å²) in [6.45, 7) is 0.274. The van der Waals surface area contributed by atoms with Gasteiger partial charge in [-0.3, -0.25) is 0 Å². The number of hydrogen-bond donors (Lipinski definition) is 2. The number of benzene rings is 3. The lowest BCUT2D eigenvalue weighted by molar-refractivity contribution is 0.0693. The zero-order chi connectivity index (χ0) is 22.7. The Bertz CT molecular complexity index is 1310. The van der Waals surface area contributed by atoms with Gasteiger partial charge in [-0.05, 0) is 36.3 Å². The van der Waals surface area contributed by atoms with Gasteiger partial charge in [-0.15, -0.1) is 11.8 Å². The number of carbonyl (C=O) groups is 1. The molecule has 0 aliphatic carbocycles. The number of hydrogen-bond acceptors (Lipinski definition) is 5. The van der Waals surface area contributed by atoms with Crippen LogP contribution in [0.1, 0.15) is 15.9 Å². The van der Waals surface area contributed by atoms with Gasteiger partial charge in [0.2, 0.25) is 0 Å². The molecule has 4 aromatic rings. The van der Waals surface area contributed by atoms with Crippen LogP contribution in [-0.2, 0) is 6.42 Å². The molecular weight excluding hydrogens is 432 g/mol. The zero-order valence-electron chi connectivity index (χ0n) is 17.1. The summed E-state index contributed by atoms with van der Waals surface area (Å²) in [5.41, 5.74) is 1.61. The van der Waals surface area contributed by atoms with Gasteiger partial charge in [-0.2, -0.15) is 0 Å². The highest BCUT2D eigenvalue weighted by Gasteiger charge is 2.14. The summed E-state index contributed by atoms with van der Waals surface area (Å²) in [5, 5.41) is 13.3. The Balaban J connectivity index is 1.51. The second-order valence-corrected chi connectivity index (χ2v) is 7.91. The molecule has 32 heavy (non-hydrogen) atoms. The number of aromatic carboxylic acids is 1. The van der Waals surface area contributed by atoms with Gasteiger partial charge >= 0.3 is 5.97 Å². The van der Waals surface area contributed by atoms with E-state index in [0.29, 0.717) is 27.2 Å². The first kappa shape index (κ1) is 21.7. The summed E-state index contributed by atoms with van der Waals surface area (Å²) in [6, 6.07) is 14.8. The lowest BCUT2D eigenvalue weighted by atomic mass is 10.0. The van der Waals surface area contributed by atoms with Crippen molar-refractivity contribution in [2.75, 3.05) is 18.1 Å². The molecule has 3 aromatic carbocycles. The van der Waals surface area contributed by atoms with Gasteiger partial charge in [0.25, 0.3) is 0 Å². The molecule has 8 heteroatoms. The van der Waals surface area contributed by atoms with E-state index >= 15 is 0 Å². The van der Waals surface area contributed by atoms with Crippen LogP contribution in [0.4, 0.5) is 14.6 Å². The molecule has 0 spiro atoms. The van der Waals surface area contributed by atoms with Crippen molar-refractivity contribution in [3.05, 3.63) is 83.7 Å². The predicted molar refractivity (Wildman–Crippen MR) is 122 cm³/mol. The highest BCUT2D eigenvalue weighted by Crippen LogP contribution is 2.28. The predicted octanol–water partition coefficient (Wildman–Crippen LogP) is 5.65. The molecule has 0 aliphatic heterocycles. The van der Waals surface area contributed by atoms with Crippen molar-refractivity contribution in [2.45, 2.75) is 11.3 Å². The van der Waals surface area contributed by atoms with Crippen molar-refractivity contribution < 1.29 is 18.7 Å². The van der Waals surface area contributed by atoms with Crippen molar-refractivity contribution in [3.8, 4) is 11.3 Å². The van der Waals surface area contributed by atoms with Crippen molar-refractivity contribution in [1.29, 1.82) is 0 Å². The maximum atomic E-state index is 14.8. The molecule has 1 heterocycles. The summed E-state index contributed by atoms with van der Waals surface area (Å²) >= 11 is 1.34. The number of nitrogens with one attached hydrogen (secondary N) is 1. The van der Waals surface area contributed by atoms with Crippen LogP contribution in [0.2, 0.25) is 0 Å². The molecule has 162 valence electrons. The SMILES string of the molecule is CSc1cc(-c2cc(NCCc3c(F)cc4ccccc4c3F)ncn2)ccc1C(=O)O. The summed E-state index contributed by atoms with van der Waals surface area (Å²) in [4.78, 5) is 20.4. The quantitative estimate of drug-likeness (QED) is 0.354. The molecule has 0 radical (unpaired) electrons. The number of fused-ring (bicyclic) bond motifs is 1. The standard InChI is InChI=1S/C24H19F2N3O2S/c1-32-21-11-15(6-7-18(21)24(30)31)20-12-22(29-13-28-20)27-9-8-17-19(25)10-14-4-2-3-5-16(14)23(17)26/h2-7,10-13H,8-9H2,1H3,(H,30,31)(H,27,28,29). The maximum Gasteiger partial charge on any atom is 0.336 e. The minimum absolute atomic E-state index is 0.0272. The summed E-state index contributed by atoms with van der Waals surface area (Å²) in [7, 11) is 0. The largest absolute Gasteiger partial charge is 0.478 e. The average molecular weight is 451 g/mol. The van der Waals surface area contributed by atoms with Crippen molar-refractivity contribution in [2.24, 2.45) is 0 Å². The Morgan fingerprint density at radius 1 is 1.09 bits per heavy atom. The minimum atomic E-state index is -0.987. The molecule has 1 aromatic heterocycles. The number of carboxylic acid groups (broad SMARTS) is 1. The first-order valence-electron chi connectivity index (χ1n) is 9.81. The topological polar surface area (TPSA) is 75.1 Å². The monoisotopic (exact) mass is 451 g/mol. The van der Waals surface area contributed by atoms with Gasteiger partial charge in [0, 0.05) is 34.0 Å². The fourth-order valence-electron chi connectivity index (χ4n) is 3.50. The Labute approximate surface area is 187 Å². The van der Waals surface area contributed by atoms with E-state index in [1.807, 2.05) is 6.26 Å². The second kappa shape index (κ2) is 9.32. The van der Waals surface area contributed by atoms with Gasteiger partial charge in [0.05, 0.1) is 11.3 Å². The molecule has 0 fully saturated rings. The maximum absolute atomic E-state index is 14.8. The van der Waals surface area contributed by atoms with Crippen LogP contribution in [0.5, 0.6) is 0 Å². The van der Waals surface area contributed by atoms with E-state index in [1.54, 1.807) is 48.5 Å². The van der Waals surface area contributed by atoms with Crippen molar-refractivity contribution >= 4 is 34.3 Å². The van der Waals surface area contributed by atoms with Gasteiger partial charge in [-0.25, -0.2) is 23.5 Å². The molecule has 2 N–H and O–H groups in total. The molecular formula is C24H19F2N3O2S. The molecule has 0 bridgehead atoms. The van der Waals surface area contributed by atoms with E-state index in [2.05, 4.69) is 15.3 Å². The normalized spacial score (nSPS) is 11.0. The van der Waals surface area contributed by atoms with E-state index in [9.17, 15) is 18.7 Å². The number of aromatic nitrogens is 2. The molecule has 4 rings (SSSR count). The van der Waals surface area contributed by atoms with Crippen LogP contribution in [-0.4, -0.2) is 33.8 Å². The Morgan fingerprint density at radius 2 is 1.91 bits per heavy atom. The van der Waals surface area contributed by atoms with Gasteiger partial charge in [-0.1, -0.05) is 30.3 Å². The fourth-order valence-corrected chi connectivity index (χ4v) is 4.12. The lowest BCUT2D eigenvalue weighted by Gasteiger charge is -2.11. The van der Waals surface area contributed by atoms with E-state index in [1.165, 1.54) is 24.2 Å². The van der Waals surface area contributed by atoms with E-state index in [4.69, 9.17) is 0 Å². The first-order chi connectivity index (χ1) is 15.5. The second-order valence-electron chi connectivity index (χ2n) is 7.06. The third kappa shape index (κ3) is 4.40. The van der Waals surface area contributed by atoms with Crippen LogP contribution in [0.3, 0.4) is 0 Å². The van der Waals surface area contributed by atoms with Crippen LogP contribution in [0.15, 0.2) is 65.8 Å². The molecule has 0 saturated carbocycles. The number of rotatable bonds is 7. The Kier molecular flexibility index (Phi) is 6.32. The molecule has 0 unspecified atom stereocenters. The number of nitrogens with zero attached hydrogens (tertiary/aromatic N) is 2. The Morgan fingerprint density at radius 3 is 2.69 bits per heavy atom. The number of thioether (sulfide) groups is 1. The number of anilines is 1. The van der Waals surface area contributed by atoms with Gasteiger partial charge < -0.3 is 10.4 Å². The van der Waals surface area contributed by atoms with Crippen molar-refractivity contribution in [1.82, 2.24) is 9.97 Å². The minimum Gasteiger partial charge on any atom is -0.478 e. The molecule has 0 atom stereocenters. The summed E-state index contributed by atoms with van der Waals surface area (Å²) in [5.74, 6) is -1.60. The van der Waals surface area contributed by atoms with Gasteiger partial charge in [0.1, 0.15) is 23.8 Å². The van der Waals surface area contributed by atoms with Crippen LogP contribution < -0.4 is 5.32 Å². The van der Waals surface area contributed by atoms with Crippen molar-refractivity contribution in [3.63, 3.8) is 0 Å². The average Bonchev–Trinajstić information content (AvgIpc) is 2.81. The molecule has 0 amide bonds. The summed E-state index contributed by atoms with van der Waals surface area (Å²) < 4.78 is 29.2. The third-order valence-electron chi connectivity index (χ3n) is 5.11. The van der Waals surface area contributed by atoms with Crippen LogP contribution in [0, 0.1) is 11.6 Å². The highest BCUT2D eigenvalue weighted by molar-refractivity contribution is 7.98. The lowest BCUT2D eigenvalue weighted by Crippen LogP contribution is -2.09. The molecule has 5 nitrogen and oxygen atoms in total. The van der Waals surface area contributed by atoms with Crippen LogP contribution in [0.25, 0.3) is 22.0 Å². The zero-order valence-corrected chi connectivity index (χ0v) is 17.9. The molecule has 0 saturated heterocycles. The van der Waals surface area contributed by atoms with E-state index in [0.717, 1.165) is 5.56 Å². The molecule has 0 aliphatic rings. The Hall–Kier alpha value is -3.52. The van der Waals surface area contributed by atoms with Crippen LogP contribution >= 0.6 is 11.8 Å². The summed E-state index contributed by atoms with van der Waals surface area (Å²) in [6.07, 6.45) is 3.34. The van der Waals surface area contributed by atoms with E-state index in [-0.39, 0.29) is 24.1 Å². The number of carboxylic acids is 1. The van der Waals surface area contributed by atoms with Gasteiger partial charge in [0.15, 0.2) is 0 Å². The first-order valence-corrected chi connectivity index (χ1v) is 11.0. The fraction of sp³-hybridized carbons (Fsp3) is 0.125. The smallest absolute Gasteiger partial charge is 0.336 e. The highest BCUT2D eigenvalue weighted by atomic mass is 32.2. The van der Waals surface area contributed by atoms with E-state index < -0.39 is 17.6 Å².